The standard InChI is InChI=1S/C20H25F5N4O5/c1-11(2)8-28(10-20(23,24)25)16(17(26)31)18(32)27-12-3-4-13(14(7-12)34-19(21)22)29-5-6-33-9-15(29)30/h3-4,7,11,16,19H,5-6,8-10H2,1-2H3,(H2,26,31)(H,27,32)/t16-/m0/s1. The molecule has 3 N–H and O–H groups in total. The molecule has 1 saturated heterocycles. The summed E-state index contributed by atoms with van der Waals surface area (Å²) in [5.41, 5.74) is 5.05. The Morgan fingerprint density at radius 3 is 2.50 bits per heavy atom. The fraction of sp³-hybridized carbons (Fsp3) is 0.550. The van der Waals surface area contributed by atoms with E-state index in [1.165, 1.54) is 12.1 Å². The van der Waals surface area contributed by atoms with Gasteiger partial charge < -0.3 is 25.4 Å². The zero-order chi connectivity index (χ0) is 25.6. The van der Waals surface area contributed by atoms with Crippen molar-refractivity contribution in [2.75, 3.05) is 43.1 Å². The van der Waals surface area contributed by atoms with Gasteiger partial charge in [-0.05, 0) is 18.1 Å². The van der Waals surface area contributed by atoms with Crippen molar-refractivity contribution in [3.63, 3.8) is 0 Å². The van der Waals surface area contributed by atoms with Crippen molar-refractivity contribution < 1.29 is 45.8 Å². The minimum Gasteiger partial charge on any atom is -0.433 e. The maximum atomic E-state index is 13.0. The lowest BCUT2D eigenvalue weighted by molar-refractivity contribution is -0.158. The SMILES string of the molecule is CC(C)CN(CC(F)(F)F)[C@@H](C(N)=O)C(=O)Nc1ccc(N2CCOCC2=O)c(OC(F)F)c1. The second-order valence-electron chi connectivity index (χ2n) is 7.89. The van der Waals surface area contributed by atoms with Crippen molar-refractivity contribution in [2.45, 2.75) is 32.7 Å². The topological polar surface area (TPSA) is 114 Å². The molecule has 0 aliphatic carbocycles. The average Bonchev–Trinajstić information content (AvgIpc) is 2.66. The Bertz CT molecular complexity index is 897. The highest BCUT2D eigenvalue weighted by Crippen LogP contribution is 2.34. The molecule has 3 amide bonds. The van der Waals surface area contributed by atoms with E-state index >= 15 is 0 Å². The van der Waals surface area contributed by atoms with Gasteiger partial charge in [0.1, 0.15) is 6.61 Å². The van der Waals surface area contributed by atoms with Crippen LogP contribution in [0.15, 0.2) is 18.2 Å². The predicted octanol–water partition coefficient (Wildman–Crippen LogP) is 1.96. The third kappa shape index (κ3) is 7.80. The van der Waals surface area contributed by atoms with Crippen molar-refractivity contribution in [1.29, 1.82) is 0 Å². The number of alkyl halides is 5. The maximum absolute atomic E-state index is 13.0. The zero-order valence-corrected chi connectivity index (χ0v) is 18.4. The molecule has 0 aromatic heterocycles. The van der Waals surface area contributed by atoms with E-state index in [1.54, 1.807) is 13.8 Å². The number of ether oxygens (including phenoxy) is 2. The molecule has 190 valence electrons. The van der Waals surface area contributed by atoms with Crippen LogP contribution in [0, 0.1) is 5.92 Å². The van der Waals surface area contributed by atoms with Crippen LogP contribution in [-0.2, 0) is 19.1 Å². The van der Waals surface area contributed by atoms with E-state index in [0.717, 1.165) is 11.0 Å². The molecule has 0 spiro atoms. The fourth-order valence-corrected chi connectivity index (χ4v) is 3.42. The maximum Gasteiger partial charge on any atom is 0.401 e. The molecule has 0 unspecified atom stereocenters. The van der Waals surface area contributed by atoms with Crippen LogP contribution in [0.5, 0.6) is 5.75 Å². The first-order valence-electron chi connectivity index (χ1n) is 10.2. The number of halogens is 5. The predicted molar refractivity (Wildman–Crippen MR) is 110 cm³/mol. The molecule has 1 aliphatic rings. The number of anilines is 2. The van der Waals surface area contributed by atoms with Gasteiger partial charge in [0.2, 0.25) is 5.91 Å². The van der Waals surface area contributed by atoms with Crippen molar-refractivity contribution >= 4 is 29.1 Å². The first kappa shape index (κ1) is 27.2. The van der Waals surface area contributed by atoms with E-state index in [-0.39, 0.29) is 43.6 Å². The zero-order valence-electron chi connectivity index (χ0n) is 18.4. The summed E-state index contributed by atoms with van der Waals surface area (Å²) in [7, 11) is 0. The van der Waals surface area contributed by atoms with Gasteiger partial charge in [0.25, 0.3) is 11.8 Å². The molecule has 1 aromatic carbocycles. The first-order chi connectivity index (χ1) is 15.8. The van der Waals surface area contributed by atoms with Crippen LogP contribution >= 0.6 is 0 Å². The molecular formula is C20H25F5N4O5. The number of nitrogens with zero attached hydrogens (tertiary/aromatic N) is 2. The molecule has 14 heteroatoms. The number of rotatable bonds is 10. The largest absolute Gasteiger partial charge is 0.433 e. The van der Waals surface area contributed by atoms with Gasteiger partial charge in [0.15, 0.2) is 11.8 Å². The third-order valence-electron chi connectivity index (χ3n) is 4.59. The summed E-state index contributed by atoms with van der Waals surface area (Å²) in [6, 6.07) is 1.43. The number of hydrogen-bond acceptors (Lipinski definition) is 6. The van der Waals surface area contributed by atoms with Crippen molar-refractivity contribution in [3.8, 4) is 5.75 Å². The molecule has 1 aromatic rings. The summed E-state index contributed by atoms with van der Waals surface area (Å²) in [6.07, 6.45) is -4.71. The summed E-state index contributed by atoms with van der Waals surface area (Å²) in [5.74, 6) is -3.81. The Hall–Kier alpha value is -3.00. The molecule has 34 heavy (non-hydrogen) atoms. The van der Waals surface area contributed by atoms with Gasteiger partial charge in [-0.3, -0.25) is 19.3 Å². The average molecular weight is 496 g/mol. The van der Waals surface area contributed by atoms with Crippen molar-refractivity contribution in [2.24, 2.45) is 11.7 Å². The van der Waals surface area contributed by atoms with Crippen LogP contribution in [-0.4, -0.2) is 74.3 Å². The normalized spacial score (nSPS) is 15.7. The lowest BCUT2D eigenvalue weighted by Crippen LogP contribution is -2.55. The van der Waals surface area contributed by atoms with Crippen LogP contribution < -0.4 is 20.7 Å². The molecule has 1 fully saturated rings. The molecule has 1 heterocycles. The molecule has 1 aliphatic heterocycles. The van der Waals surface area contributed by atoms with E-state index in [0.29, 0.717) is 4.90 Å². The summed E-state index contributed by atoms with van der Waals surface area (Å²) in [5, 5.41) is 2.22. The minimum absolute atomic E-state index is 0.0171. The van der Waals surface area contributed by atoms with Crippen molar-refractivity contribution in [1.82, 2.24) is 4.90 Å². The van der Waals surface area contributed by atoms with Crippen LogP contribution in [0.2, 0.25) is 0 Å². The van der Waals surface area contributed by atoms with Crippen LogP contribution in [0.1, 0.15) is 13.8 Å². The van der Waals surface area contributed by atoms with E-state index in [1.807, 2.05) is 0 Å². The summed E-state index contributed by atoms with van der Waals surface area (Å²) in [6.45, 7) is -1.95. The molecule has 9 nitrogen and oxygen atoms in total. The number of carbonyl (C=O) groups excluding carboxylic acids is 3. The second-order valence-corrected chi connectivity index (χ2v) is 7.89. The van der Waals surface area contributed by atoms with Gasteiger partial charge in [0, 0.05) is 24.8 Å². The number of nitrogens with two attached hydrogens (primary N) is 1. The highest BCUT2D eigenvalue weighted by molar-refractivity contribution is 6.09. The van der Waals surface area contributed by atoms with Crippen LogP contribution in [0.4, 0.5) is 33.3 Å². The summed E-state index contributed by atoms with van der Waals surface area (Å²) >= 11 is 0. The third-order valence-corrected chi connectivity index (χ3v) is 4.59. The Kier molecular flexibility index (Phi) is 9.15. The highest BCUT2D eigenvalue weighted by Gasteiger charge is 2.39. The fourth-order valence-electron chi connectivity index (χ4n) is 3.42. The van der Waals surface area contributed by atoms with Crippen LogP contribution in [0.25, 0.3) is 0 Å². The lowest BCUT2D eigenvalue weighted by Gasteiger charge is -2.31. The first-order valence-corrected chi connectivity index (χ1v) is 10.2. The molecule has 0 radical (unpaired) electrons. The summed E-state index contributed by atoms with van der Waals surface area (Å²) in [4.78, 5) is 38.5. The van der Waals surface area contributed by atoms with Gasteiger partial charge in [0.05, 0.1) is 18.8 Å². The smallest absolute Gasteiger partial charge is 0.401 e. The van der Waals surface area contributed by atoms with E-state index in [4.69, 9.17) is 10.5 Å². The second kappa shape index (κ2) is 11.4. The highest BCUT2D eigenvalue weighted by atomic mass is 19.4. The van der Waals surface area contributed by atoms with Gasteiger partial charge in [-0.25, -0.2) is 0 Å². The summed E-state index contributed by atoms with van der Waals surface area (Å²) < 4.78 is 74.5. The molecular weight excluding hydrogens is 471 g/mol. The molecule has 1 atom stereocenters. The number of morpholine rings is 1. The Labute approximate surface area is 191 Å². The van der Waals surface area contributed by atoms with Crippen LogP contribution in [0.3, 0.4) is 0 Å². The number of nitrogens with one attached hydrogen (secondary N) is 1. The van der Waals surface area contributed by atoms with Gasteiger partial charge in [-0.1, -0.05) is 13.8 Å². The van der Waals surface area contributed by atoms with Gasteiger partial charge >= 0.3 is 12.8 Å². The van der Waals surface area contributed by atoms with Gasteiger partial charge in [-0.2, -0.15) is 22.0 Å². The number of benzene rings is 1. The van der Waals surface area contributed by atoms with E-state index in [2.05, 4.69) is 10.1 Å². The Balaban J connectivity index is 2.33. The number of hydrogen-bond donors (Lipinski definition) is 2. The van der Waals surface area contributed by atoms with E-state index in [9.17, 15) is 36.3 Å². The Morgan fingerprint density at radius 1 is 1.29 bits per heavy atom. The molecule has 2 rings (SSSR count). The number of amides is 3. The number of primary amides is 1. The number of carbonyl (C=O) groups is 3. The van der Waals surface area contributed by atoms with Crippen molar-refractivity contribution in [3.05, 3.63) is 18.2 Å². The Morgan fingerprint density at radius 2 is 1.97 bits per heavy atom. The monoisotopic (exact) mass is 496 g/mol. The van der Waals surface area contributed by atoms with E-state index < -0.39 is 48.8 Å². The molecule has 0 saturated carbocycles. The molecule has 0 bridgehead atoms. The van der Waals surface area contributed by atoms with Gasteiger partial charge in [-0.15, -0.1) is 0 Å². The quantitative estimate of drug-likeness (QED) is 0.378. The minimum atomic E-state index is -4.71. The lowest BCUT2D eigenvalue weighted by atomic mass is 10.1.